The number of aryl methyl sites for hydroxylation is 1. The molecule has 2 rings (SSSR count). The molecule has 6 nitrogen and oxygen atoms in total. The fourth-order valence-corrected chi connectivity index (χ4v) is 2.50. The molecule has 0 fully saturated rings. The molecule has 0 radical (unpaired) electrons. The Kier molecular flexibility index (Phi) is 6.84. The molecule has 1 atom stereocenters. The lowest BCUT2D eigenvalue weighted by atomic mass is 10.1. The van der Waals surface area contributed by atoms with Gasteiger partial charge >= 0.3 is 0 Å². The van der Waals surface area contributed by atoms with Crippen LogP contribution in [0.5, 0.6) is 11.5 Å². The molecular formula is C21H23N3O3. The van der Waals surface area contributed by atoms with Crippen molar-refractivity contribution < 1.29 is 14.3 Å². The minimum Gasteiger partial charge on any atom is -0.493 e. The van der Waals surface area contributed by atoms with Crippen LogP contribution in [0.4, 0.5) is 5.69 Å². The summed E-state index contributed by atoms with van der Waals surface area (Å²) in [7, 11) is 3.15. The van der Waals surface area contributed by atoms with Crippen LogP contribution in [0.15, 0.2) is 54.2 Å². The third-order valence-electron chi connectivity index (χ3n) is 4.03. The van der Waals surface area contributed by atoms with Gasteiger partial charge in [0.1, 0.15) is 11.6 Å². The molecule has 6 heteroatoms. The summed E-state index contributed by atoms with van der Waals surface area (Å²) in [6.07, 6.45) is 1.42. The van der Waals surface area contributed by atoms with E-state index in [1.54, 1.807) is 20.3 Å². The van der Waals surface area contributed by atoms with Gasteiger partial charge in [0.15, 0.2) is 11.5 Å². The highest BCUT2D eigenvalue weighted by Crippen LogP contribution is 2.29. The van der Waals surface area contributed by atoms with Crippen molar-refractivity contribution in [3.8, 4) is 17.6 Å². The molecule has 0 aromatic heterocycles. The largest absolute Gasteiger partial charge is 0.493 e. The first kappa shape index (κ1) is 19.9. The van der Waals surface area contributed by atoms with Crippen molar-refractivity contribution in [1.82, 2.24) is 5.32 Å². The molecule has 0 heterocycles. The third-order valence-corrected chi connectivity index (χ3v) is 4.03. The van der Waals surface area contributed by atoms with Gasteiger partial charge < -0.3 is 20.1 Å². The highest BCUT2D eigenvalue weighted by Gasteiger charge is 2.12. The van der Waals surface area contributed by atoms with Crippen LogP contribution in [0.2, 0.25) is 0 Å². The second-order valence-corrected chi connectivity index (χ2v) is 6.00. The van der Waals surface area contributed by atoms with Crippen LogP contribution in [0.1, 0.15) is 24.1 Å². The monoisotopic (exact) mass is 365 g/mol. The molecule has 2 aromatic carbocycles. The minimum atomic E-state index is -0.463. The van der Waals surface area contributed by atoms with E-state index in [9.17, 15) is 10.1 Å². The Morgan fingerprint density at radius 2 is 1.89 bits per heavy atom. The van der Waals surface area contributed by atoms with Crippen LogP contribution in [0.3, 0.4) is 0 Å². The predicted octanol–water partition coefficient (Wildman–Crippen LogP) is 3.71. The fourth-order valence-electron chi connectivity index (χ4n) is 2.50. The van der Waals surface area contributed by atoms with Gasteiger partial charge in [0.2, 0.25) is 0 Å². The predicted molar refractivity (Wildman–Crippen MR) is 105 cm³/mol. The number of ether oxygens (including phenoxy) is 2. The smallest absolute Gasteiger partial charge is 0.267 e. The molecule has 2 N–H and O–H groups in total. The van der Waals surface area contributed by atoms with Gasteiger partial charge in [-0.05, 0) is 49.2 Å². The maximum Gasteiger partial charge on any atom is 0.267 e. The van der Waals surface area contributed by atoms with Crippen molar-refractivity contribution in [1.29, 1.82) is 5.26 Å². The highest BCUT2D eigenvalue weighted by atomic mass is 16.5. The molecule has 2 aromatic rings. The first-order valence-corrected chi connectivity index (χ1v) is 8.44. The lowest BCUT2D eigenvalue weighted by Gasteiger charge is -2.15. The molecule has 1 amide bonds. The number of nitrogens with one attached hydrogen (secondary N) is 2. The standard InChI is InChI=1S/C21H23N3O3/c1-14-6-5-7-18(10-14)24-21(25)17(12-22)13-23-15(2)16-8-9-19(26-3)20(11-16)27-4/h5-11,13,15,23H,1-4H3,(H,24,25)/b17-13-. The summed E-state index contributed by atoms with van der Waals surface area (Å²) in [6, 6.07) is 14.7. The van der Waals surface area contributed by atoms with Gasteiger partial charge in [-0.2, -0.15) is 5.26 Å². The maximum absolute atomic E-state index is 12.3. The van der Waals surface area contributed by atoms with Crippen molar-refractivity contribution in [3.63, 3.8) is 0 Å². The first-order chi connectivity index (χ1) is 13.0. The quantitative estimate of drug-likeness (QED) is 0.577. The molecular weight excluding hydrogens is 342 g/mol. The van der Waals surface area contributed by atoms with E-state index in [-0.39, 0.29) is 11.6 Å². The number of hydrogen-bond donors (Lipinski definition) is 2. The van der Waals surface area contributed by atoms with Crippen molar-refractivity contribution in [2.24, 2.45) is 0 Å². The van der Waals surface area contributed by atoms with Gasteiger partial charge in [-0.1, -0.05) is 18.2 Å². The summed E-state index contributed by atoms with van der Waals surface area (Å²) in [5.41, 5.74) is 2.59. The lowest BCUT2D eigenvalue weighted by Crippen LogP contribution is -2.18. The average molecular weight is 365 g/mol. The number of carbonyl (C=O) groups is 1. The van der Waals surface area contributed by atoms with E-state index in [0.29, 0.717) is 17.2 Å². The molecule has 0 saturated carbocycles. The molecule has 27 heavy (non-hydrogen) atoms. The Balaban J connectivity index is 2.09. The van der Waals surface area contributed by atoms with E-state index in [2.05, 4.69) is 10.6 Å². The van der Waals surface area contributed by atoms with Crippen LogP contribution in [0, 0.1) is 18.3 Å². The molecule has 0 aliphatic carbocycles. The van der Waals surface area contributed by atoms with Crippen LogP contribution in [0.25, 0.3) is 0 Å². The number of rotatable bonds is 7. The van der Waals surface area contributed by atoms with Gasteiger partial charge in [-0.3, -0.25) is 4.79 Å². The van der Waals surface area contributed by atoms with Crippen molar-refractivity contribution in [2.45, 2.75) is 19.9 Å². The second-order valence-electron chi connectivity index (χ2n) is 6.00. The van der Waals surface area contributed by atoms with E-state index < -0.39 is 5.91 Å². The number of methoxy groups -OCH3 is 2. The van der Waals surface area contributed by atoms with Crippen molar-refractivity contribution >= 4 is 11.6 Å². The summed E-state index contributed by atoms with van der Waals surface area (Å²) in [6.45, 7) is 3.86. The highest BCUT2D eigenvalue weighted by molar-refractivity contribution is 6.06. The van der Waals surface area contributed by atoms with E-state index in [1.807, 2.05) is 56.3 Å². The van der Waals surface area contributed by atoms with Gasteiger partial charge in [0.25, 0.3) is 5.91 Å². The molecule has 1 unspecified atom stereocenters. The van der Waals surface area contributed by atoms with E-state index in [4.69, 9.17) is 9.47 Å². The van der Waals surface area contributed by atoms with Gasteiger partial charge in [0.05, 0.1) is 14.2 Å². The normalized spacial score (nSPS) is 11.9. The number of amides is 1. The molecule has 140 valence electrons. The van der Waals surface area contributed by atoms with E-state index in [0.717, 1.165) is 11.1 Å². The number of nitrogens with zero attached hydrogens (tertiary/aromatic N) is 1. The topological polar surface area (TPSA) is 83.4 Å². The van der Waals surface area contributed by atoms with Gasteiger partial charge in [-0.15, -0.1) is 0 Å². The summed E-state index contributed by atoms with van der Waals surface area (Å²) in [5, 5.41) is 15.1. The SMILES string of the molecule is COc1ccc(C(C)N/C=C(/C#N)C(=O)Nc2cccc(C)c2)cc1OC. The Hall–Kier alpha value is -3.46. The first-order valence-electron chi connectivity index (χ1n) is 8.44. The maximum atomic E-state index is 12.3. The van der Waals surface area contributed by atoms with E-state index in [1.165, 1.54) is 6.20 Å². The third kappa shape index (κ3) is 5.25. The Morgan fingerprint density at radius 3 is 2.52 bits per heavy atom. The number of benzene rings is 2. The second kappa shape index (κ2) is 9.30. The Bertz CT molecular complexity index is 884. The molecule has 0 aliphatic rings. The van der Waals surface area contributed by atoms with Crippen LogP contribution in [-0.2, 0) is 4.79 Å². The van der Waals surface area contributed by atoms with Gasteiger partial charge in [0, 0.05) is 17.9 Å². The summed E-state index contributed by atoms with van der Waals surface area (Å²) in [4.78, 5) is 12.3. The summed E-state index contributed by atoms with van der Waals surface area (Å²) in [5.74, 6) is 0.791. The van der Waals surface area contributed by atoms with Crippen molar-refractivity contribution in [3.05, 3.63) is 65.4 Å². The fraction of sp³-hybridized carbons (Fsp3) is 0.238. The van der Waals surface area contributed by atoms with Crippen LogP contribution < -0.4 is 20.1 Å². The van der Waals surface area contributed by atoms with Crippen LogP contribution in [-0.4, -0.2) is 20.1 Å². The zero-order valence-corrected chi connectivity index (χ0v) is 15.9. The molecule has 0 saturated heterocycles. The van der Waals surface area contributed by atoms with Gasteiger partial charge in [-0.25, -0.2) is 0 Å². The summed E-state index contributed by atoms with van der Waals surface area (Å²) < 4.78 is 10.5. The zero-order chi connectivity index (χ0) is 19.8. The minimum absolute atomic E-state index is 0.0103. The molecule has 0 aliphatic heterocycles. The number of hydrogen-bond acceptors (Lipinski definition) is 5. The average Bonchev–Trinajstić information content (AvgIpc) is 2.67. The van der Waals surface area contributed by atoms with E-state index >= 15 is 0 Å². The van der Waals surface area contributed by atoms with Crippen molar-refractivity contribution in [2.75, 3.05) is 19.5 Å². The number of carbonyl (C=O) groups excluding carboxylic acids is 1. The molecule has 0 bridgehead atoms. The zero-order valence-electron chi connectivity index (χ0n) is 15.9. The molecule has 0 spiro atoms. The summed E-state index contributed by atoms with van der Waals surface area (Å²) >= 11 is 0. The van der Waals surface area contributed by atoms with Crippen LogP contribution >= 0.6 is 0 Å². The number of anilines is 1. The Labute approximate surface area is 159 Å². The number of nitriles is 1. The Morgan fingerprint density at radius 1 is 1.15 bits per heavy atom. The lowest BCUT2D eigenvalue weighted by molar-refractivity contribution is -0.112.